The van der Waals surface area contributed by atoms with Gasteiger partial charge in [-0.25, -0.2) is 22.9 Å². The van der Waals surface area contributed by atoms with Gasteiger partial charge in [0.15, 0.2) is 6.23 Å². The van der Waals surface area contributed by atoms with Crippen LogP contribution in [-0.2, 0) is 31.6 Å². The summed E-state index contributed by atoms with van der Waals surface area (Å²) in [5, 5.41) is 9.52. The Balaban J connectivity index is 3.01. The van der Waals surface area contributed by atoms with Crippen molar-refractivity contribution in [2.45, 2.75) is 25.2 Å². The number of nitrogens with zero attached hydrogens (tertiary/aromatic N) is 2. The molecule has 2 unspecified atom stereocenters. The summed E-state index contributed by atoms with van der Waals surface area (Å²) in [6, 6.07) is 1.18. The van der Waals surface area contributed by atoms with E-state index in [9.17, 15) is 32.9 Å². The van der Waals surface area contributed by atoms with E-state index in [1.54, 1.807) is 0 Å². The van der Waals surface area contributed by atoms with Crippen molar-refractivity contribution in [2.75, 3.05) is 25.6 Å². The number of hydrogen-bond donors (Lipinski definition) is 6. The molecule has 0 bridgehead atoms. The average molecular weight is 515 g/mol. The second-order valence-electron chi connectivity index (χ2n) is 5.83. The Morgan fingerprint density at radius 3 is 2.29 bits per heavy atom. The monoisotopic (exact) mass is 515 g/mol. The lowest BCUT2D eigenvalue weighted by Crippen LogP contribution is -2.44. The zero-order valence-corrected chi connectivity index (χ0v) is 18.4. The van der Waals surface area contributed by atoms with E-state index < -0.39 is 60.9 Å². The summed E-state index contributed by atoms with van der Waals surface area (Å²) < 4.78 is 65.2. The van der Waals surface area contributed by atoms with Crippen molar-refractivity contribution in [1.29, 1.82) is 0 Å². The quantitative estimate of drug-likeness (QED) is 0.186. The number of aromatic nitrogens is 2. The van der Waals surface area contributed by atoms with E-state index >= 15 is 0 Å². The topological polar surface area (TPSA) is 250 Å². The fraction of sp³-hybridized carbons (Fsp3) is 0.636. The normalized spacial score (nSPS) is 19.2. The van der Waals surface area contributed by atoms with Crippen molar-refractivity contribution in [1.82, 2.24) is 9.55 Å². The molecule has 0 spiro atoms. The maximum Gasteiger partial charge on any atom is 0.490 e. The van der Waals surface area contributed by atoms with Crippen LogP contribution in [0.3, 0.4) is 0 Å². The minimum atomic E-state index is -5.77. The van der Waals surface area contributed by atoms with Gasteiger partial charge < -0.3 is 35.2 Å². The molecule has 0 aliphatic heterocycles. The number of rotatable bonds is 13. The molecule has 0 aromatic carbocycles. The Labute approximate surface area is 173 Å². The number of ether oxygens (including phenoxy) is 1. The zero-order valence-electron chi connectivity index (χ0n) is 15.8. The summed E-state index contributed by atoms with van der Waals surface area (Å²) in [6.45, 7) is -2.05. The van der Waals surface area contributed by atoms with Gasteiger partial charge in [-0.15, -0.1) is 0 Å². The van der Waals surface area contributed by atoms with E-state index in [0.717, 1.165) is 10.8 Å². The molecule has 0 aliphatic rings. The van der Waals surface area contributed by atoms with Crippen LogP contribution in [0.15, 0.2) is 17.1 Å². The van der Waals surface area contributed by atoms with Crippen LogP contribution >= 0.6 is 23.5 Å². The highest BCUT2D eigenvalue weighted by Crippen LogP contribution is 2.66. The first-order valence-electron chi connectivity index (χ1n) is 8.05. The summed E-state index contributed by atoms with van der Waals surface area (Å²) in [5.74, 6) is -0.141. The number of phosphoric ester groups is 1. The number of nitrogens with two attached hydrogens (primary N) is 1. The molecule has 1 aromatic rings. The summed E-state index contributed by atoms with van der Waals surface area (Å²) in [4.78, 5) is 50.9. The number of aliphatic hydroxyl groups excluding tert-OH is 1. The first-order valence-corrected chi connectivity index (χ1v) is 12.6. The van der Waals surface area contributed by atoms with Gasteiger partial charge in [0.2, 0.25) is 0 Å². The Kier molecular flexibility index (Phi) is 9.66. The Bertz CT molecular complexity index is 948. The lowest BCUT2D eigenvalue weighted by molar-refractivity contribution is -0.169. The van der Waals surface area contributed by atoms with Gasteiger partial charge in [-0.1, -0.05) is 6.92 Å². The predicted molar refractivity (Wildman–Crippen MR) is 98.9 cm³/mol. The average Bonchev–Trinajstić information content (AvgIpc) is 2.60. The summed E-state index contributed by atoms with van der Waals surface area (Å²) in [5.41, 5.74) is 2.30. The fourth-order valence-corrected chi connectivity index (χ4v) is 5.10. The number of halogens is 1. The third-order valence-electron chi connectivity index (χ3n) is 3.50. The molecule has 7 N–H and O–H groups in total. The maximum absolute atomic E-state index is 13.8. The smallest absolute Gasteiger partial charge is 0.392 e. The Hall–Kier alpha value is -1.06. The Morgan fingerprint density at radius 1 is 1.23 bits per heavy atom. The first kappa shape index (κ1) is 28.0. The van der Waals surface area contributed by atoms with Crippen LogP contribution in [0.2, 0.25) is 0 Å². The number of nitrogen functional groups attached to an aromatic ring is 1. The van der Waals surface area contributed by atoms with Crippen LogP contribution < -0.4 is 11.4 Å². The number of alkyl halides is 1. The molecule has 0 radical (unpaired) electrons. The van der Waals surface area contributed by atoms with Crippen LogP contribution in [0.4, 0.5) is 10.2 Å². The van der Waals surface area contributed by atoms with E-state index in [1.165, 1.54) is 13.0 Å². The molecule has 0 saturated carbocycles. The highest BCUT2D eigenvalue weighted by Gasteiger charge is 2.43. The molecule has 1 rings (SSSR count). The Morgan fingerprint density at radius 2 is 1.84 bits per heavy atom. The lowest BCUT2D eigenvalue weighted by atomic mass is 10.0. The highest BCUT2D eigenvalue weighted by atomic mass is 31.3. The van der Waals surface area contributed by atoms with E-state index in [2.05, 4.69) is 18.1 Å². The van der Waals surface area contributed by atoms with Crippen molar-refractivity contribution in [3.63, 3.8) is 0 Å². The molecular formula is C11H21FN3O13P3. The molecule has 16 nitrogen and oxygen atoms in total. The second kappa shape index (κ2) is 10.7. The van der Waals surface area contributed by atoms with Crippen molar-refractivity contribution >= 4 is 29.3 Å². The largest absolute Gasteiger partial charge is 0.490 e. The number of aliphatic hydroxyl groups is 1. The minimum Gasteiger partial charge on any atom is -0.392 e. The molecule has 180 valence electrons. The van der Waals surface area contributed by atoms with Crippen molar-refractivity contribution in [3.8, 4) is 0 Å². The van der Waals surface area contributed by atoms with Crippen LogP contribution in [-0.4, -0.2) is 59.7 Å². The molecule has 0 aliphatic carbocycles. The van der Waals surface area contributed by atoms with E-state index in [0.29, 0.717) is 0 Å². The fourth-order valence-electron chi connectivity index (χ4n) is 2.00. The van der Waals surface area contributed by atoms with E-state index in [4.69, 9.17) is 25.2 Å². The lowest BCUT2D eigenvalue weighted by Gasteiger charge is -2.34. The van der Waals surface area contributed by atoms with Crippen LogP contribution in [0.5, 0.6) is 0 Å². The van der Waals surface area contributed by atoms with Crippen LogP contribution in [0.1, 0.15) is 19.6 Å². The summed E-state index contributed by atoms with van der Waals surface area (Å²) in [6.07, 6.45) is -0.722. The van der Waals surface area contributed by atoms with Gasteiger partial charge in [-0.3, -0.25) is 9.09 Å². The second-order valence-corrected chi connectivity index (χ2v) is 10.3. The third-order valence-corrected chi connectivity index (χ3v) is 7.28. The van der Waals surface area contributed by atoms with E-state index in [1.807, 2.05) is 0 Å². The molecule has 31 heavy (non-hydrogen) atoms. The molecule has 4 atom stereocenters. The SMILES string of the molecule is CC[C@@](CF)(COP(=O)(O)OP(=O)(O)OP(=O)(O)O)O[C@H](CO)n1ccc(N)nc1=O. The van der Waals surface area contributed by atoms with Crippen molar-refractivity contribution < 1.29 is 60.6 Å². The molecular weight excluding hydrogens is 494 g/mol. The van der Waals surface area contributed by atoms with Crippen LogP contribution in [0, 0.1) is 0 Å². The number of anilines is 1. The standard InChI is InChI=1S/C11H21FN3O13P3/c1-2-11(6-12,26-9(5-16)15-4-3-8(13)14-10(15)17)7-25-30(21,22)28-31(23,24)27-29(18,19)20/h3-4,9,16H,2,5-7H2,1H3,(H,21,22)(H,23,24)(H2,13,14,17)(H2,18,19,20)/t9-,11-/m1/s1. The number of phosphoric acid groups is 3. The maximum atomic E-state index is 13.8. The van der Waals surface area contributed by atoms with Gasteiger partial charge in [0.05, 0.1) is 13.2 Å². The highest BCUT2D eigenvalue weighted by molar-refractivity contribution is 7.66. The van der Waals surface area contributed by atoms with Crippen molar-refractivity contribution in [3.05, 3.63) is 22.7 Å². The molecule has 1 aromatic heterocycles. The van der Waals surface area contributed by atoms with Gasteiger partial charge in [0, 0.05) is 6.20 Å². The van der Waals surface area contributed by atoms with Gasteiger partial charge >= 0.3 is 29.2 Å². The molecule has 0 amide bonds. The molecule has 1 heterocycles. The van der Waals surface area contributed by atoms with Gasteiger partial charge in [0.1, 0.15) is 18.1 Å². The number of hydrogen-bond acceptors (Lipinski definition) is 11. The van der Waals surface area contributed by atoms with Crippen molar-refractivity contribution in [2.24, 2.45) is 0 Å². The van der Waals surface area contributed by atoms with E-state index in [-0.39, 0.29) is 12.2 Å². The third kappa shape index (κ3) is 9.14. The zero-order chi connectivity index (χ0) is 24.1. The van der Waals surface area contributed by atoms with Gasteiger partial charge in [0.25, 0.3) is 0 Å². The van der Waals surface area contributed by atoms with Gasteiger partial charge in [-0.2, -0.15) is 13.6 Å². The molecule has 0 saturated heterocycles. The predicted octanol–water partition coefficient (Wildman–Crippen LogP) is -0.205. The van der Waals surface area contributed by atoms with Crippen LogP contribution in [0.25, 0.3) is 0 Å². The minimum absolute atomic E-state index is 0.141. The molecule has 0 fully saturated rings. The first-order chi connectivity index (χ1) is 14.1. The summed E-state index contributed by atoms with van der Waals surface area (Å²) in [7, 11) is -16.9. The molecule has 20 heteroatoms. The van der Waals surface area contributed by atoms with Gasteiger partial charge in [-0.05, 0) is 12.5 Å². The summed E-state index contributed by atoms with van der Waals surface area (Å²) >= 11 is 0.